The van der Waals surface area contributed by atoms with Crippen LogP contribution in [-0.4, -0.2) is 26.2 Å². The zero-order valence-electron chi connectivity index (χ0n) is 13.5. The van der Waals surface area contributed by atoms with Crippen molar-refractivity contribution in [1.82, 2.24) is 5.32 Å². The lowest BCUT2D eigenvalue weighted by Crippen LogP contribution is -2.35. The molecular formula is C18H21NO4. The molecule has 0 saturated heterocycles. The predicted octanol–water partition coefficient (Wildman–Crippen LogP) is 2.79. The Morgan fingerprint density at radius 3 is 2.39 bits per heavy atom. The van der Waals surface area contributed by atoms with Gasteiger partial charge in [0.1, 0.15) is 5.75 Å². The summed E-state index contributed by atoms with van der Waals surface area (Å²) in [6.45, 7) is 2.11. The maximum atomic E-state index is 12.1. The van der Waals surface area contributed by atoms with E-state index in [9.17, 15) is 4.79 Å². The molecule has 2 aromatic carbocycles. The van der Waals surface area contributed by atoms with Gasteiger partial charge in [0.15, 0.2) is 17.6 Å². The topological polar surface area (TPSA) is 56.8 Å². The number of rotatable bonds is 7. The highest BCUT2D eigenvalue weighted by Gasteiger charge is 2.14. The number of amides is 1. The molecule has 5 nitrogen and oxygen atoms in total. The summed E-state index contributed by atoms with van der Waals surface area (Å²) < 4.78 is 16.0. The molecule has 0 radical (unpaired) electrons. The summed E-state index contributed by atoms with van der Waals surface area (Å²) in [5, 5.41) is 2.85. The third-order valence-electron chi connectivity index (χ3n) is 3.34. The van der Waals surface area contributed by atoms with Gasteiger partial charge in [0.05, 0.1) is 14.2 Å². The van der Waals surface area contributed by atoms with Crippen molar-refractivity contribution >= 4 is 5.91 Å². The molecule has 0 saturated carbocycles. The molecule has 23 heavy (non-hydrogen) atoms. The Balaban J connectivity index is 1.91. The van der Waals surface area contributed by atoms with Crippen LogP contribution in [0.1, 0.15) is 12.5 Å². The molecule has 2 aromatic rings. The highest BCUT2D eigenvalue weighted by molar-refractivity contribution is 5.80. The molecule has 0 fully saturated rings. The van der Waals surface area contributed by atoms with Crippen LogP contribution in [0.25, 0.3) is 0 Å². The molecular weight excluding hydrogens is 294 g/mol. The number of nitrogens with one attached hydrogen (secondary N) is 1. The smallest absolute Gasteiger partial charge is 0.261 e. The summed E-state index contributed by atoms with van der Waals surface area (Å²) in [6.07, 6.45) is -0.572. The molecule has 0 aromatic heterocycles. The summed E-state index contributed by atoms with van der Waals surface area (Å²) in [5.41, 5.74) is 0.919. The first-order valence-electron chi connectivity index (χ1n) is 7.34. The van der Waals surface area contributed by atoms with Crippen LogP contribution in [0, 0.1) is 0 Å². The van der Waals surface area contributed by atoms with Crippen molar-refractivity contribution in [2.45, 2.75) is 19.6 Å². The summed E-state index contributed by atoms with van der Waals surface area (Å²) in [5.74, 6) is 1.78. The zero-order chi connectivity index (χ0) is 16.7. The monoisotopic (exact) mass is 315 g/mol. The lowest BCUT2D eigenvalue weighted by atomic mass is 10.2. The second-order valence-corrected chi connectivity index (χ2v) is 4.98. The summed E-state index contributed by atoms with van der Waals surface area (Å²) in [7, 11) is 3.16. The average Bonchev–Trinajstić information content (AvgIpc) is 2.60. The molecule has 0 aliphatic carbocycles. The normalized spacial score (nSPS) is 11.4. The van der Waals surface area contributed by atoms with Gasteiger partial charge in [0, 0.05) is 6.54 Å². The molecule has 0 heterocycles. The second-order valence-electron chi connectivity index (χ2n) is 4.98. The lowest BCUT2D eigenvalue weighted by Gasteiger charge is -2.15. The number of hydrogen-bond acceptors (Lipinski definition) is 4. The number of para-hydroxylation sites is 1. The van der Waals surface area contributed by atoms with E-state index >= 15 is 0 Å². The van der Waals surface area contributed by atoms with Gasteiger partial charge in [-0.3, -0.25) is 4.79 Å². The van der Waals surface area contributed by atoms with Crippen molar-refractivity contribution in [2.24, 2.45) is 0 Å². The molecule has 1 atom stereocenters. The molecule has 0 aliphatic rings. The number of ether oxygens (including phenoxy) is 3. The summed E-state index contributed by atoms with van der Waals surface area (Å²) in [4.78, 5) is 12.1. The largest absolute Gasteiger partial charge is 0.493 e. The van der Waals surface area contributed by atoms with E-state index in [-0.39, 0.29) is 5.91 Å². The average molecular weight is 315 g/mol. The van der Waals surface area contributed by atoms with Crippen molar-refractivity contribution in [1.29, 1.82) is 0 Å². The van der Waals surface area contributed by atoms with Crippen LogP contribution in [0.3, 0.4) is 0 Å². The number of hydrogen-bond donors (Lipinski definition) is 1. The first-order chi connectivity index (χ1) is 11.1. The number of methoxy groups -OCH3 is 2. The third-order valence-corrected chi connectivity index (χ3v) is 3.34. The third kappa shape index (κ3) is 4.64. The van der Waals surface area contributed by atoms with E-state index < -0.39 is 6.10 Å². The molecule has 2 rings (SSSR count). The van der Waals surface area contributed by atoms with Crippen molar-refractivity contribution in [2.75, 3.05) is 14.2 Å². The maximum absolute atomic E-state index is 12.1. The maximum Gasteiger partial charge on any atom is 0.261 e. The van der Waals surface area contributed by atoms with E-state index in [1.807, 2.05) is 48.5 Å². The van der Waals surface area contributed by atoms with E-state index in [2.05, 4.69) is 5.32 Å². The predicted molar refractivity (Wildman–Crippen MR) is 87.9 cm³/mol. The Kier molecular flexibility index (Phi) is 5.86. The molecule has 1 amide bonds. The fraction of sp³-hybridized carbons (Fsp3) is 0.278. The SMILES string of the molecule is COc1ccc(CNC(=O)C(C)Oc2ccccc2)cc1OC. The highest BCUT2D eigenvalue weighted by atomic mass is 16.5. The minimum Gasteiger partial charge on any atom is -0.493 e. The molecule has 0 bridgehead atoms. The van der Waals surface area contributed by atoms with Gasteiger partial charge in [-0.25, -0.2) is 0 Å². The van der Waals surface area contributed by atoms with E-state index in [1.54, 1.807) is 21.1 Å². The molecule has 0 aliphatic heterocycles. The Hall–Kier alpha value is -2.69. The first kappa shape index (κ1) is 16.7. The molecule has 122 valence electrons. The van der Waals surface area contributed by atoms with Gasteiger partial charge in [-0.15, -0.1) is 0 Å². The Labute approximate surface area is 136 Å². The van der Waals surface area contributed by atoms with Crippen LogP contribution in [0.2, 0.25) is 0 Å². The lowest BCUT2D eigenvalue weighted by molar-refractivity contribution is -0.127. The standard InChI is InChI=1S/C18H21NO4/c1-13(23-15-7-5-4-6-8-15)18(20)19-12-14-9-10-16(21-2)17(11-14)22-3/h4-11,13H,12H2,1-3H3,(H,19,20). The van der Waals surface area contributed by atoms with Crippen LogP contribution in [0.4, 0.5) is 0 Å². The van der Waals surface area contributed by atoms with E-state index in [1.165, 1.54) is 0 Å². The summed E-state index contributed by atoms with van der Waals surface area (Å²) >= 11 is 0. The molecule has 1 unspecified atom stereocenters. The van der Waals surface area contributed by atoms with Gasteiger partial charge in [-0.05, 0) is 36.8 Å². The fourth-order valence-corrected chi connectivity index (χ4v) is 2.08. The van der Waals surface area contributed by atoms with Crippen LogP contribution in [-0.2, 0) is 11.3 Å². The van der Waals surface area contributed by atoms with Crippen molar-refractivity contribution in [3.8, 4) is 17.2 Å². The van der Waals surface area contributed by atoms with E-state index in [0.29, 0.717) is 23.8 Å². The molecule has 5 heteroatoms. The molecule has 0 spiro atoms. The first-order valence-corrected chi connectivity index (χ1v) is 7.34. The van der Waals surface area contributed by atoms with Gasteiger partial charge in [-0.2, -0.15) is 0 Å². The van der Waals surface area contributed by atoms with Crippen molar-refractivity contribution in [3.05, 3.63) is 54.1 Å². The van der Waals surface area contributed by atoms with Crippen LogP contribution >= 0.6 is 0 Å². The van der Waals surface area contributed by atoms with Gasteiger partial charge in [-0.1, -0.05) is 24.3 Å². The van der Waals surface area contributed by atoms with Crippen LogP contribution in [0.5, 0.6) is 17.2 Å². The zero-order valence-corrected chi connectivity index (χ0v) is 13.5. The Morgan fingerprint density at radius 2 is 1.74 bits per heavy atom. The van der Waals surface area contributed by atoms with Crippen LogP contribution in [0.15, 0.2) is 48.5 Å². The second kappa shape index (κ2) is 8.08. The Morgan fingerprint density at radius 1 is 1.04 bits per heavy atom. The van der Waals surface area contributed by atoms with Crippen molar-refractivity contribution in [3.63, 3.8) is 0 Å². The number of benzene rings is 2. The van der Waals surface area contributed by atoms with Gasteiger partial charge < -0.3 is 19.5 Å². The molecule has 1 N–H and O–H groups in total. The number of carbonyl (C=O) groups excluding carboxylic acids is 1. The van der Waals surface area contributed by atoms with E-state index in [4.69, 9.17) is 14.2 Å². The minimum absolute atomic E-state index is 0.177. The van der Waals surface area contributed by atoms with Gasteiger partial charge >= 0.3 is 0 Å². The van der Waals surface area contributed by atoms with Gasteiger partial charge in [0.2, 0.25) is 0 Å². The quantitative estimate of drug-likeness (QED) is 0.853. The minimum atomic E-state index is -0.572. The fourth-order valence-electron chi connectivity index (χ4n) is 2.08. The van der Waals surface area contributed by atoms with Gasteiger partial charge in [0.25, 0.3) is 5.91 Å². The van der Waals surface area contributed by atoms with E-state index in [0.717, 1.165) is 5.56 Å². The number of carbonyl (C=O) groups is 1. The Bertz CT molecular complexity index is 643. The summed E-state index contributed by atoms with van der Waals surface area (Å²) in [6, 6.07) is 14.8. The highest BCUT2D eigenvalue weighted by Crippen LogP contribution is 2.27. The van der Waals surface area contributed by atoms with Crippen molar-refractivity contribution < 1.29 is 19.0 Å². The van der Waals surface area contributed by atoms with Crippen LogP contribution < -0.4 is 19.5 Å².